The monoisotopic (exact) mass is 399 g/mol. The first-order chi connectivity index (χ1) is 11.5. The first-order valence-corrected chi connectivity index (χ1v) is 10.8. The molecule has 0 aromatic heterocycles. The topological polar surface area (TPSA) is 80.8 Å². The van der Waals surface area contributed by atoms with E-state index in [1.54, 1.807) is 0 Å². The minimum absolute atomic E-state index is 0.0607. The molecule has 6 nitrogen and oxygen atoms in total. The van der Waals surface area contributed by atoms with Gasteiger partial charge in [-0.05, 0) is 43.5 Å². The first-order valence-electron chi connectivity index (χ1n) is 7.58. The molecular formula is C14H16F3NO5S2. The van der Waals surface area contributed by atoms with Crippen LogP contribution in [0.2, 0.25) is 0 Å². The van der Waals surface area contributed by atoms with Crippen molar-refractivity contribution in [2.75, 3.05) is 11.5 Å². The highest BCUT2D eigenvalue weighted by atomic mass is 32.2. The highest BCUT2D eigenvalue weighted by molar-refractivity contribution is 7.92. The van der Waals surface area contributed by atoms with E-state index in [0.717, 1.165) is 24.3 Å². The van der Waals surface area contributed by atoms with Crippen LogP contribution in [-0.4, -0.2) is 51.1 Å². The van der Waals surface area contributed by atoms with Crippen molar-refractivity contribution in [1.82, 2.24) is 4.31 Å². The molecule has 140 valence electrons. The zero-order valence-corrected chi connectivity index (χ0v) is 14.6. The highest BCUT2D eigenvalue weighted by Crippen LogP contribution is 2.37. The smallest absolute Gasteiger partial charge is 0.406 e. The van der Waals surface area contributed by atoms with Crippen LogP contribution in [0.1, 0.15) is 19.3 Å². The zero-order chi connectivity index (χ0) is 18.5. The Labute approximate surface area is 143 Å². The Morgan fingerprint density at radius 2 is 1.64 bits per heavy atom. The molecule has 3 rings (SSSR count). The molecule has 11 heteroatoms. The van der Waals surface area contributed by atoms with Crippen molar-refractivity contribution in [3.8, 4) is 5.75 Å². The number of alkyl halides is 3. The summed E-state index contributed by atoms with van der Waals surface area (Å²) in [6.45, 7) is 0. The van der Waals surface area contributed by atoms with Gasteiger partial charge in [-0.3, -0.25) is 0 Å². The molecule has 1 atom stereocenters. The number of hydrogen-bond donors (Lipinski definition) is 0. The van der Waals surface area contributed by atoms with E-state index in [1.807, 2.05) is 0 Å². The predicted molar refractivity (Wildman–Crippen MR) is 82.2 cm³/mol. The van der Waals surface area contributed by atoms with Gasteiger partial charge in [-0.15, -0.1) is 13.2 Å². The van der Waals surface area contributed by atoms with E-state index in [1.165, 1.54) is 4.31 Å². The summed E-state index contributed by atoms with van der Waals surface area (Å²) in [5, 5.41) is 0. The molecule has 0 N–H and O–H groups in total. The lowest BCUT2D eigenvalue weighted by molar-refractivity contribution is -0.274. The summed E-state index contributed by atoms with van der Waals surface area (Å²) in [6.07, 6.45) is -3.35. The van der Waals surface area contributed by atoms with Crippen LogP contribution < -0.4 is 4.74 Å². The molecule has 1 aromatic carbocycles. The van der Waals surface area contributed by atoms with Crippen molar-refractivity contribution in [2.24, 2.45) is 0 Å². The number of halogens is 3. The van der Waals surface area contributed by atoms with Gasteiger partial charge < -0.3 is 4.74 Å². The average Bonchev–Trinajstić information content (AvgIpc) is 3.21. The van der Waals surface area contributed by atoms with E-state index in [9.17, 15) is 30.0 Å². The minimum Gasteiger partial charge on any atom is -0.406 e. The number of benzene rings is 1. The number of rotatable bonds is 5. The predicted octanol–water partition coefficient (Wildman–Crippen LogP) is 1.93. The van der Waals surface area contributed by atoms with Crippen molar-refractivity contribution < 1.29 is 34.7 Å². The number of ether oxygens (including phenoxy) is 1. The maximum Gasteiger partial charge on any atom is 0.573 e. The largest absolute Gasteiger partial charge is 0.573 e. The summed E-state index contributed by atoms with van der Waals surface area (Å²) < 4.78 is 90.6. The van der Waals surface area contributed by atoms with Crippen molar-refractivity contribution in [2.45, 2.75) is 42.6 Å². The van der Waals surface area contributed by atoms with Crippen molar-refractivity contribution >= 4 is 19.9 Å². The molecule has 0 bridgehead atoms. The summed E-state index contributed by atoms with van der Waals surface area (Å²) in [6, 6.07) is 3.04. The van der Waals surface area contributed by atoms with Gasteiger partial charge in [-0.2, -0.15) is 4.31 Å². The molecule has 1 heterocycles. The maximum absolute atomic E-state index is 12.9. The molecule has 1 aliphatic heterocycles. The van der Waals surface area contributed by atoms with Gasteiger partial charge in [0.05, 0.1) is 16.4 Å². The minimum atomic E-state index is -4.86. The molecular weight excluding hydrogens is 383 g/mol. The molecule has 2 aliphatic rings. The van der Waals surface area contributed by atoms with Crippen LogP contribution in [0.15, 0.2) is 29.2 Å². The Hall–Kier alpha value is -1.33. The lowest BCUT2D eigenvalue weighted by atomic mass is 10.2. The SMILES string of the molecule is O=S1(=O)CC[C@H](N(C2CC2)S(=O)(=O)c2ccc(OC(F)(F)F)cc2)C1. The van der Waals surface area contributed by atoms with Gasteiger partial charge in [0.15, 0.2) is 9.84 Å². The van der Waals surface area contributed by atoms with Crippen LogP contribution in [-0.2, 0) is 19.9 Å². The molecule has 0 unspecified atom stereocenters. The number of sulfone groups is 1. The lowest BCUT2D eigenvalue weighted by Crippen LogP contribution is -2.42. The first kappa shape index (κ1) is 18.5. The number of hydrogen-bond acceptors (Lipinski definition) is 5. The average molecular weight is 399 g/mol. The molecule has 1 saturated heterocycles. The van der Waals surface area contributed by atoms with Crippen LogP contribution in [0.25, 0.3) is 0 Å². The van der Waals surface area contributed by atoms with E-state index in [-0.39, 0.29) is 28.9 Å². The molecule has 1 aromatic rings. The summed E-state index contributed by atoms with van der Waals surface area (Å²) in [4.78, 5) is -0.182. The van der Waals surface area contributed by atoms with Gasteiger partial charge in [-0.1, -0.05) is 0 Å². The van der Waals surface area contributed by atoms with Gasteiger partial charge in [0.25, 0.3) is 0 Å². The Morgan fingerprint density at radius 1 is 1.04 bits per heavy atom. The standard InChI is InChI=1S/C14H16F3NO5S2/c15-14(16,17)23-12-3-5-13(6-4-12)25(21,22)18(10-1-2-10)11-7-8-24(19,20)9-11/h3-6,10-11H,1-2,7-9H2/t11-/m0/s1. The Balaban J connectivity index is 1.86. The second kappa shape index (κ2) is 6.13. The van der Waals surface area contributed by atoms with Gasteiger partial charge in [0.2, 0.25) is 10.0 Å². The molecule has 0 amide bonds. The quantitative estimate of drug-likeness (QED) is 0.756. The van der Waals surface area contributed by atoms with Crippen LogP contribution in [0, 0.1) is 0 Å². The number of nitrogens with zero attached hydrogens (tertiary/aromatic N) is 1. The molecule has 25 heavy (non-hydrogen) atoms. The summed E-state index contributed by atoms with van der Waals surface area (Å²) in [7, 11) is -7.27. The molecule has 2 fully saturated rings. The summed E-state index contributed by atoms with van der Waals surface area (Å²) in [5.41, 5.74) is 0. The third kappa shape index (κ3) is 4.26. The third-order valence-corrected chi connectivity index (χ3v) is 7.88. The fourth-order valence-corrected chi connectivity index (χ4v) is 6.64. The van der Waals surface area contributed by atoms with E-state index >= 15 is 0 Å². The van der Waals surface area contributed by atoms with Gasteiger partial charge in [0, 0.05) is 12.1 Å². The Morgan fingerprint density at radius 3 is 2.08 bits per heavy atom. The molecule has 0 radical (unpaired) electrons. The maximum atomic E-state index is 12.9. The third-order valence-electron chi connectivity index (χ3n) is 4.11. The van der Waals surface area contributed by atoms with Crippen LogP contribution in [0.4, 0.5) is 13.2 Å². The second-order valence-electron chi connectivity index (χ2n) is 6.14. The van der Waals surface area contributed by atoms with Gasteiger partial charge >= 0.3 is 6.36 Å². The molecule has 0 spiro atoms. The highest BCUT2D eigenvalue weighted by Gasteiger charge is 2.46. The van der Waals surface area contributed by atoms with E-state index in [0.29, 0.717) is 12.8 Å². The van der Waals surface area contributed by atoms with Crippen LogP contribution in [0.3, 0.4) is 0 Å². The van der Waals surface area contributed by atoms with Crippen molar-refractivity contribution in [3.05, 3.63) is 24.3 Å². The Bertz CT molecular complexity index is 845. The summed E-state index contributed by atoms with van der Waals surface area (Å²) >= 11 is 0. The van der Waals surface area contributed by atoms with Gasteiger partial charge in [-0.25, -0.2) is 16.8 Å². The molecule has 1 aliphatic carbocycles. The van der Waals surface area contributed by atoms with Crippen molar-refractivity contribution in [1.29, 1.82) is 0 Å². The Kier molecular flexibility index (Phi) is 4.53. The van der Waals surface area contributed by atoms with E-state index in [4.69, 9.17) is 0 Å². The molecule has 1 saturated carbocycles. The normalized spacial score (nSPS) is 23.8. The second-order valence-corrected chi connectivity index (χ2v) is 10.2. The van der Waals surface area contributed by atoms with Crippen LogP contribution >= 0.6 is 0 Å². The number of sulfonamides is 1. The van der Waals surface area contributed by atoms with Crippen LogP contribution in [0.5, 0.6) is 5.75 Å². The zero-order valence-electron chi connectivity index (χ0n) is 12.9. The van der Waals surface area contributed by atoms with Gasteiger partial charge in [0.1, 0.15) is 5.75 Å². The fraction of sp³-hybridized carbons (Fsp3) is 0.571. The lowest BCUT2D eigenvalue weighted by Gasteiger charge is -2.27. The fourth-order valence-electron chi connectivity index (χ4n) is 2.93. The van der Waals surface area contributed by atoms with Crippen molar-refractivity contribution in [3.63, 3.8) is 0 Å². The van der Waals surface area contributed by atoms with E-state index in [2.05, 4.69) is 4.74 Å². The van der Waals surface area contributed by atoms with E-state index < -0.39 is 38.0 Å². The summed E-state index contributed by atoms with van der Waals surface area (Å²) in [5.74, 6) is -0.805.